The van der Waals surface area contributed by atoms with Crippen molar-refractivity contribution in [3.63, 3.8) is 0 Å². The predicted octanol–water partition coefficient (Wildman–Crippen LogP) is 4.09. The van der Waals surface area contributed by atoms with Crippen LogP contribution in [0, 0.1) is 23.7 Å². The van der Waals surface area contributed by atoms with Gasteiger partial charge >= 0.3 is 0 Å². The first-order valence-electron chi connectivity index (χ1n) is 9.29. The summed E-state index contributed by atoms with van der Waals surface area (Å²) in [5.74, 6) is 1.63. The Bertz CT molecular complexity index is 154. The molecule has 0 fully saturated rings. The second kappa shape index (κ2) is 22.8. The smallest absolute Gasteiger partial charge is 0.0535 e. The minimum absolute atomic E-state index is 0. The van der Waals surface area contributed by atoms with Crippen molar-refractivity contribution in [1.82, 2.24) is 0 Å². The van der Waals surface area contributed by atoms with Crippen LogP contribution in [0.4, 0.5) is 0 Å². The fourth-order valence-electron chi connectivity index (χ4n) is 0. The molecule has 4 N–H and O–H groups in total. The summed E-state index contributed by atoms with van der Waals surface area (Å²) in [6, 6.07) is 0. The summed E-state index contributed by atoms with van der Waals surface area (Å²) in [6.07, 6.45) is -0.593. The van der Waals surface area contributed by atoms with E-state index in [1.54, 1.807) is 27.7 Å². The van der Waals surface area contributed by atoms with Gasteiger partial charge in [-0.15, -0.1) is 0 Å². The first-order valence-corrected chi connectivity index (χ1v) is 9.29. The molecule has 156 valence electrons. The third-order valence-electron chi connectivity index (χ3n) is 3.86. The molecule has 4 atom stereocenters. The van der Waals surface area contributed by atoms with Gasteiger partial charge in [0.05, 0.1) is 24.4 Å². The summed E-state index contributed by atoms with van der Waals surface area (Å²) < 4.78 is 0. The van der Waals surface area contributed by atoms with Gasteiger partial charge in [-0.05, 0) is 51.4 Å². The Morgan fingerprint density at radius 3 is 0.360 bits per heavy atom. The Hall–Kier alpha value is 0.723. The molecule has 0 aliphatic carbocycles. The van der Waals surface area contributed by atoms with Gasteiger partial charge in [0.2, 0.25) is 0 Å². The first kappa shape index (κ1) is 36.6. The molecule has 25 heavy (non-hydrogen) atoms. The zero-order chi connectivity index (χ0) is 20.6. The van der Waals surface area contributed by atoms with Gasteiger partial charge in [-0.3, -0.25) is 0 Å². The maximum absolute atomic E-state index is 8.63. The monoisotopic (exact) mass is 442 g/mol. The van der Waals surface area contributed by atoms with Crippen LogP contribution >= 0.6 is 0 Å². The van der Waals surface area contributed by atoms with E-state index < -0.39 is 0 Å². The molecule has 0 aromatic carbocycles. The van der Waals surface area contributed by atoms with E-state index in [0.717, 1.165) is 0 Å². The Morgan fingerprint density at radius 2 is 0.360 bits per heavy atom. The molecule has 0 heterocycles. The van der Waals surface area contributed by atoms with Crippen LogP contribution in [-0.4, -0.2) is 44.8 Å². The van der Waals surface area contributed by atoms with E-state index >= 15 is 0 Å². The average molecular weight is 444 g/mol. The fraction of sp³-hybridized carbons (Fsp3) is 1.00. The summed E-state index contributed by atoms with van der Waals surface area (Å²) in [7, 11) is 0. The molecule has 0 spiro atoms. The molecule has 0 saturated heterocycles. The van der Waals surface area contributed by atoms with Gasteiger partial charge in [-0.25, -0.2) is 0 Å². The first-order chi connectivity index (χ1) is 10.6. The van der Waals surface area contributed by atoms with E-state index in [2.05, 4.69) is 0 Å². The minimum atomic E-state index is -0.148. The van der Waals surface area contributed by atoms with Crippen LogP contribution in [-0.2, 0) is 26.2 Å². The number of hydrogen-bond donors (Lipinski definition) is 4. The largest absolute Gasteiger partial charge is 0.393 e. The summed E-state index contributed by atoms with van der Waals surface area (Å²) in [5.41, 5.74) is 0. The molecule has 4 unspecified atom stereocenters. The maximum atomic E-state index is 8.63. The molecular formula is C20H48O4Zr. The number of aliphatic hydroxyl groups is 4. The zero-order valence-corrected chi connectivity index (χ0v) is 21.4. The van der Waals surface area contributed by atoms with Gasteiger partial charge in [-0.2, -0.15) is 0 Å². The van der Waals surface area contributed by atoms with Crippen LogP contribution in [0.3, 0.4) is 0 Å². The molecule has 0 saturated carbocycles. The number of aliphatic hydroxyl groups excluding tert-OH is 4. The molecule has 0 aliphatic rings. The standard InChI is InChI=1S/4C5H12O.Zr/c4*1-4(2)5(3)6;/h4*4-6H,1-3H3;. The van der Waals surface area contributed by atoms with E-state index in [1.165, 1.54) is 0 Å². The van der Waals surface area contributed by atoms with Crippen LogP contribution in [0.5, 0.6) is 0 Å². The topological polar surface area (TPSA) is 80.9 Å². The second-order valence-electron chi connectivity index (χ2n) is 7.94. The minimum Gasteiger partial charge on any atom is -0.393 e. The summed E-state index contributed by atoms with van der Waals surface area (Å²) in [4.78, 5) is 0. The van der Waals surface area contributed by atoms with E-state index in [1.807, 2.05) is 55.4 Å². The predicted molar refractivity (Wildman–Crippen MR) is 106 cm³/mol. The van der Waals surface area contributed by atoms with E-state index in [0.29, 0.717) is 23.7 Å². The van der Waals surface area contributed by atoms with Crippen molar-refractivity contribution in [3.05, 3.63) is 0 Å². The molecule has 0 bridgehead atoms. The third kappa shape index (κ3) is 45.6. The van der Waals surface area contributed by atoms with Gasteiger partial charge in [0.1, 0.15) is 0 Å². The van der Waals surface area contributed by atoms with E-state index in [9.17, 15) is 0 Å². The summed E-state index contributed by atoms with van der Waals surface area (Å²) >= 11 is 0. The normalized spacial score (nSPS) is 14.9. The van der Waals surface area contributed by atoms with Crippen molar-refractivity contribution < 1.29 is 46.6 Å². The van der Waals surface area contributed by atoms with Crippen LogP contribution in [0.25, 0.3) is 0 Å². The maximum Gasteiger partial charge on any atom is 0.0535 e. The van der Waals surface area contributed by atoms with Gasteiger partial charge in [0.25, 0.3) is 0 Å². The molecule has 0 aromatic heterocycles. The SMILES string of the molecule is CC(C)C(C)O.CC(C)C(C)O.CC(C)C(C)O.CC(C)C(C)O.[Zr]. The molecule has 0 radical (unpaired) electrons. The van der Waals surface area contributed by atoms with E-state index in [4.69, 9.17) is 20.4 Å². The molecule has 0 aliphatic heterocycles. The van der Waals surface area contributed by atoms with Crippen molar-refractivity contribution in [1.29, 1.82) is 0 Å². The van der Waals surface area contributed by atoms with Gasteiger partial charge in [0.15, 0.2) is 0 Å². The Labute approximate surface area is 177 Å². The molecule has 0 amide bonds. The Morgan fingerprint density at radius 1 is 0.320 bits per heavy atom. The van der Waals surface area contributed by atoms with Gasteiger partial charge < -0.3 is 20.4 Å². The van der Waals surface area contributed by atoms with Gasteiger partial charge in [0, 0.05) is 26.2 Å². The fourth-order valence-corrected chi connectivity index (χ4v) is 0. The number of rotatable bonds is 4. The van der Waals surface area contributed by atoms with Crippen molar-refractivity contribution >= 4 is 0 Å². The van der Waals surface area contributed by atoms with Crippen LogP contribution < -0.4 is 0 Å². The molecular weight excluding hydrogens is 395 g/mol. The van der Waals surface area contributed by atoms with Crippen molar-refractivity contribution in [2.45, 2.75) is 108 Å². The van der Waals surface area contributed by atoms with Crippen molar-refractivity contribution in [2.24, 2.45) is 23.7 Å². The molecule has 0 aromatic rings. The number of hydrogen-bond acceptors (Lipinski definition) is 4. The molecule has 5 heteroatoms. The zero-order valence-electron chi connectivity index (χ0n) is 18.9. The van der Waals surface area contributed by atoms with Crippen LogP contribution in [0.1, 0.15) is 83.1 Å². The van der Waals surface area contributed by atoms with Crippen molar-refractivity contribution in [3.8, 4) is 0 Å². The second-order valence-corrected chi connectivity index (χ2v) is 7.94. The Kier molecular flexibility index (Phi) is 33.3. The summed E-state index contributed by atoms with van der Waals surface area (Å²) in [6.45, 7) is 23.1. The molecule has 4 nitrogen and oxygen atoms in total. The van der Waals surface area contributed by atoms with Crippen LogP contribution in [0.2, 0.25) is 0 Å². The third-order valence-corrected chi connectivity index (χ3v) is 3.86. The van der Waals surface area contributed by atoms with Crippen LogP contribution in [0.15, 0.2) is 0 Å². The summed E-state index contributed by atoms with van der Waals surface area (Å²) in [5, 5.41) is 34.5. The molecule has 0 rings (SSSR count). The quantitative estimate of drug-likeness (QED) is 0.527. The van der Waals surface area contributed by atoms with E-state index in [-0.39, 0.29) is 50.6 Å². The Balaban J connectivity index is -0.0000000702. The average Bonchev–Trinajstić information content (AvgIpc) is 2.40. The van der Waals surface area contributed by atoms with Crippen molar-refractivity contribution in [2.75, 3.05) is 0 Å². The van der Waals surface area contributed by atoms with Gasteiger partial charge in [-0.1, -0.05) is 55.4 Å².